The lowest BCUT2D eigenvalue weighted by Crippen LogP contribution is -2.24. The second kappa shape index (κ2) is 8.38. The van der Waals surface area contributed by atoms with E-state index in [2.05, 4.69) is 20.0 Å². The van der Waals surface area contributed by atoms with Crippen LogP contribution in [-0.2, 0) is 16.6 Å². The van der Waals surface area contributed by atoms with E-state index in [9.17, 15) is 13.2 Å². The van der Waals surface area contributed by atoms with Crippen LogP contribution >= 0.6 is 11.3 Å². The molecule has 2 aromatic heterocycles. The number of hydrogen-bond acceptors (Lipinski definition) is 6. The lowest BCUT2D eigenvalue weighted by molar-refractivity contribution is 0.0950. The van der Waals surface area contributed by atoms with Gasteiger partial charge < -0.3 is 5.32 Å². The van der Waals surface area contributed by atoms with Gasteiger partial charge in [0.25, 0.3) is 5.91 Å². The SMILES string of the molecule is CCNS(=O)(=O)c1ccc(C(=O)NCc2nc(-c3ccncc3)cs2)cc1. The molecule has 0 radical (unpaired) electrons. The summed E-state index contributed by atoms with van der Waals surface area (Å²) in [4.78, 5) is 20.9. The molecule has 0 fully saturated rings. The Morgan fingerprint density at radius 3 is 2.48 bits per heavy atom. The summed E-state index contributed by atoms with van der Waals surface area (Å²) in [5.74, 6) is -0.289. The summed E-state index contributed by atoms with van der Waals surface area (Å²) in [5.41, 5.74) is 2.19. The molecule has 0 aliphatic carbocycles. The van der Waals surface area contributed by atoms with Crippen molar-refractivity contribution in [1.29, 1.82) is 0 Å². The number of rotatable bonds is 7. The number of pyridine rings is 1. The average Bonchev–Trinajstić information content (AvgIpc) is 3.16. The molecular formula is C18H18N4O3S2. The summed E-state index contributed by atoms with van der Waals surface area (Å²) < 4.78 is 26.3. The number of nitrogens with zero attached hydrogens (tertiary/aromatic N) is 2. The van der Waals surface area contributed by atoms with Gasteiger partial charge in [-0.15, -0.1) is 11.3 Å². The molecule has 0 saturated carbocycles. The molecule has 2 N–H and O–H groups in total. The van der Waals surface area contributed by atoms with Crippen molar-refractivity contribution in [3.63, 3.8) is 0 Å². The fraction of sp³-hybridized carbons (Fsp3) is 0.167. The first-order valence-corrected chi connectivity index (χ1v) is 10.6. The molecule has 0 aliphatic rings. The number of hydrogen-bond donors (Lipinski definition) is 2. The fourth-order valence-electron chi connectivity index (χ4n) is 2.36. The lowest BCUT2D eigenvalue weighted by atomic mass is 10.2. The van der Waals surface area contributed by atoms with Gasteiger partial charge in [0.1, 0.15) is 5.01 Å². The van der Waals surface area contributed by atoms with Crippen molar-refractivity contribution in [1.82, 2.24) is 20.0 Å². The Bertz CT molecular complexity index is 1020. The molecule has 1 amide bonds. The summed E-state index contributed by atoms with van der Waals surface area (Å²) >= 11 is 1.46. The summed E-state index contributed by atoms with van der Waals surface area (Å²) in [6.45, 7) is 2.31. The summed E-state index contributed by atoms with van der Waals surface area (Å²) in [5, 5.41) is 5.50. The zero-order valence-electron chi connectivity index (χ0n) is 14.5. The Morgan fingerprint density at radius 1 is 1.11 bits per heavy atom. The number of nitrogens with one attached hydrogen (secondary N) is 2. The molecule has 9 heteroatoms. The van der Waals surface area contributed by atoms with Gasteiger partial charge in [0.2, 0.25) is 10.0 Å². The Kier molecular flexibility index (Phi) is 5.94. The molecule has 1 aromatic carbocycles. The van der Waals surface area contributed by atoms with Crippen LogP contribution in [0.5, 0.6) is 0 Å². The van der Waals surface area contributed by atoms with Crippen molar-refractivity contribution in [2.45, 2.75) is 18.4 Å². The van der Waals surface area contributed by atoms with Crippen LogP contribution in [0.15, 0.2) is 59.1 Å². The van der Waals surface area contributed by atoms with Gasteiger partial charge in [-0.1, -0.05) is 6.92 Å². The molecule has 0 bridgehead atoms. The van der Waals surface area contributed by atoms with Gasteiger partial charge in [-0.3, -0.25) is 9.78 Å². The molecule has 0 aliphatic heterocycles. The maximum atomic E-state index is 12.3. The highest BCUT2D eigenvalue weighted by atomic mass is 32.2. The summed E-state index contributed by atoms with van der Waals surface area (Å²) in [6.07, 6.45) is 3.41. The highest BCUT2D eigenvalue weighted by molar-refractivity contribution is 7.89. The molecule has 2 heterocycles. The predicted octanol–water partition coefficient (Wildman–Crippen LogP) is 2.43. The number of sulfonamides is 1. The van der Waals surface area contributed by atoms with Crippen molar-refractivity contribution in [3.05, 3.63) is 64.7 Å². The number of carbonyl (C=O) groups is 1. The van der Waals surface area contributed by atoms with E-state index in [1.54, 1.807) is 19.3 Å². The smallest absolute Gasteiger partial charge is 0.251 e. The molecular weight excluding hydrogens is 384 g/mol. The van der Waals surface area contributed by atoms with Crippen LogP contribution in [0.1, 0.15) is 22.3 Å². The minimum atomic E-state index is -3.53. The van der Waals surface area contributed by atoms with Crippen LogP contribution in [0.2, 0.25) is 0 Å². The first-order chi connectivity index (χ1) is 13.0. The third kappa shape index (κ3) is 4.76. The number of aromatic nitrogens is 2. The van der Waals surface area contributed by atoms with E-state index in [1.165, 1.54) is 35.6 Å². The second-order valence-electron chi connectivity index (χ2n) is 5.57. The molecule has 0 atom stereocenters. The van der Waals surface area contributed by atoms with E-state index in [1.807, 2.05) is 17.5 Å². The van der Waals surface area contributed by atoms with Crippen LogP contribution in [0, 0.1) is 0 Å². The van der Waals surface area contributed by atoms with Gasteiger partial charge in [-0.25, -0.2) is 18.1 Å². The van der Waals surface area contributed by atoms with Crippen LogP contribution in [-0.4, -0.2) is 30.8 Å². The van der Waals surface area contributed by atoms with Crippen molar-refractivity contribution in [3.8, 4) is 11.3 Å². The normalized spacial score (nSPS) is 11.3. The topological polar surface area (TPSA) is 101 Å². The number of benzene rings is 1. The quantitative estimate of drug-likeness (QED) is 0.632. The molecule has 0 spiro atoms. The van der Waals surface area contributed by atoms with Gasteiger partial charge in [0.15, 0.2) is 0 Å². The molecule has 3 rings (SSSR count). The molecule has 140 valence electrons. The lowest BCUT2D eigenvalue weighted by Gasteiger charge is -2.06. The number of carbonyl (C=O) groups excluding carboxylic acids is 1. The van der Waals surface area contributed by atoms with Crippen molar-refractivity contribution >= 4 is 27.3 Å². The summed E-state index contributed by atoms with van der Waals surface area (Å²) in [7, 11) is -3.53. The van der Waals surface area contributed by atoms with Crippen molar-refractivity contribution in [2.75, 3.05) is 6.54 Å². The predicted molar refractivity (Wildman–Crippen MR) is 104 cm³/mol. The highest BCUT2D eigenvalue weighted by Crippen LogP contribution is 2.21. The zero-order valence-corrected chi connectivity index (χ0v) is 16.2. The van der Waals surface area contributed by atoms with E-state index < -0.39 is 10.0 Å². The van der Waals surface area contributed by atoms with E-state index in [0.29, 0.717) is 18.7 Å². The maximum Gasteiger partial charge on any atom is 0.251 e. The summed E-state index contributed by atoms with van der Waals surface area (Å²) in [6, 6.07) is 9.56. The second-order valence-corrected chi connectivity index (χ2v) is 8.28. The van der Waals surface area contributed by atoms with E-state index in [-0.39, 0.29) is 10.8 Å². The van der Waals surface area contributed by atoms with Crippen molar-refractivity contribution in [2.24, 2.45) is 0 Å². The number of thiazole rings is 1. The Hall–Kier alpha value is -2.62. The minimum Gasteiger partial charge on any atom is -0.346 e. The molecule has 0 unspecified atom stereocenters. The van der Waals surface area contributed by atoms with E-state index in [0.717, 1.165) is 16.3 Å². The number of amides is 1. The monoisotopic (exact) mass is 402 g/mol. The molecule has 3 aromatic rings. The van der Waals surface area contributed by atoms with Crippen molar-refractivity contribution < 1.29 is 13.2 Å². The first-order valence-electron chi connectivity index (χ1n) is 8.22. The Labute approximate surface area is 161 Å². The van der Waals surface area contributed by atoms with Crippen LogP contribution in [0.3, 0.4) is 0 Å². The van der Waals surface area contributed by atoms with Crippen LogP contribution < -0.4 is 10.0 Å². The van der Waals surface area contributed by atoms with Crippen LogP contribution in [0.4, 0.5) is 0 Å². The highest BCUT2D eigenvalue weighted by Gasteiger charge is 2.14. The molecule has 0 saturated heterocycles. The maximum absolute atomic E-state index is 12.3. The average molecular weight is 403 g/mol. The third-order valence-corrected chi connectivity index (χ3v) is 6.10. The zero-order chi connectivity index (χ0) is 19.3. The first kappa shape index (κ1) is 19.2. The van der Waals surface area contributed by atoms with Gasteiger partial charge in [0.05, 0.1) is 17.1 Å². The van der Waals surface area contributed by atoms with Gasteiger partial charge in [-0.2, -0.15) is 0 Å². The fourth-order valence-corrected chi connectivity index (χ4v) is 4.15. The largest absolute Gasteiger partial charge is 0.346 e. The van der Waals surface area contributed by atoms with E-state index >= 15 is 0 Å². The Morgan fingerprint density at radius 2 is 1.81 bits per heavy atom. The van der Waals surface area contributed by atoms with Crippen LogP contribution in [0.25, 0.3) is 11.3 Å². The van der Waals surface area contributed by atoms with Gasteiger partial charge in [-0.05, 0) is 36.4 Å². The standard InChI is InChI=1S/C18H18N4O3S2/c1-2-21-27(24,25)15-5-3-14(4-6-15)18(23)20-11-17-22-16(12-26-17)13-7-9-19-10-8-13/h3-10,12,21H,2,11H2,1H3,(H,20,23). The van der Waals surface area contributed by atoms with Gasteiger partial charge in [0, 0.05) is 35.4 Å². The Balaban J connectivity index is 1.62. The molecule has 27 heavy (non-hydrogen) atoms. The third-order valence-electron chi connectivity index (χ3n) is 3.69. The van der Waals surface area contributed by atoms with E-state index in [4.69, 9.17) is 0 Å². The minimum absolute atomic E-state index is 0.128. The van der Waals surface area contributed by atoms with Gasteiger partial charge >= 0.3 is 0 Å². The molecule has 7 nitrogen and oxygen atoms in total.